The molecule has 0 saturated carbocycles. The maximum Gasteiger partial charge on any atom is 0.269 e. The van der Waals surface area contributed by atoms with Gasteiger partial charge in [-0.25, -0.2) is 4.68 Å². The Kier molecular flexibility index (Phi) is 6.23. The molecule has 4 rings (SSSR count). The van der Waals surface area contributed by atoms with E-state index in [-0.39, 0.29) is 29.7 Å². The van der Waals surface area contributed by atoms with Crippen molar-refractivity contribution in [3.05, 3.63) is 58.5 Å². The molecule has 2 saturated heterocycles. The van der Waals surface area contributed by atoms with Gasteiger partial charge in [0, 0.05) is 56.8 Å². The van der Waals surface area contributed by atoms with Crippen molar-refractivity contribution >= 4 is 17.4 Å². The van der Waals surface area contributed by atoms with Crippen LogP contribution in [0.15, 0.2) is 47.4 Å². The van der Waals surface area contributed by atoms with Crippen LogP contribution in [0.2, 0.25) is 0 Å². The van der Waals surface area contributed by atoms with Crippen molar-refractivity contribution in [1.82, 2.24) is 20.0 Å². The molecule has 1 N–H and O–H groups in total. The number of rotatable bonds is 5. The lowest BCUT2D eigenvalue weighted by Gasteiger charge is -2.32. The summed E-state index contributed by atoms with van der Waals surface area (Å²) in [7, 11) is 0. The number of piperidine rings is 1. The molecular formula is C22H27N5O3. The topological polar surface area (TPSA) is 87.5 Å². The number of piperazine rings is 1. The van der Waals surface area contributed by atoms with Crippen LogP contribution in [0.4, 0.5) is 5.69 Å². The Labute approximate surface area is 175 Å². The Morgan fingerprint density at radius 3 is 2.60 bits per heavy atom. The highest BCUT2D eigenvalue weighted by atomic mass is 16.2. The van der Waals surface area contributed by atoms with E-state index in [4.69, 9.17) is 0 Å². The van der Waals surface area contributed by atoms with Gasteiger partial charge in [-0.15, -0.1) is 0 Å². The molecule has 0 radical (unpaired) electrons. The van der Waals surface area contributed by atoms with Crippen LogP contribution in [0.25, 0.3) is 0 Å². The molecule has 1 aromatic carbocycles. The molecule has 1 amide bonds. The molecule has 0 spiro atoms. The van der Waals surface area contributed by atoms with Gasteiger partial charge in [0.15, 0.2) is 5.78 Å². The summed E-state index contributed by atoms with van der Waals surface area (Å²) in [6.45, 7) is 4.29. The minimum atomic E-state index is -0.284. The Morgan fingerprint density at radius 2 is 1.87 bits per heavy atom. The molecule has 2 aromatic rings. The minimum absolute atomic E-state index is 0.0729. The standard InChI is InChI=1S/C22H27N5O3/c28-20-13-19(25-11-8-23-9-12-25)14-24-27(20)16-21(29)26-10-4-7-18(15-26)22(30)17-5-2-1-3-6-17/h1-3,5-6,13-14,18,23H,4,7-12,15-16H2/t18-/m0/s1. The van der Waals surface area contributed by atoms with Gasteiger partial charge in [-0.3, -0.25) is 14.4 Å². The van der Waals surface area contributed by atoms with Crippen LogP contribution in [0, 0.1) is 5.92 Å². The number of benzene rings is 1. The lowest BCUT2D eigenvalue weighted by atomic mass is 9.90. The van der Waals surface area contributed by atoms with E-state index in [2.05, 4.69) is 15.3 Å². The average molecular weight is 409 g/mol. The van der Waals surface area contributed by atoms with Crippen LogP contribution in [0.1, 0.15) is 23.2 Å². The van der Waals surface area contributed by atoms with Gasteiger partial charge < -0.3 is 15.1 Å². The summed E-state index contributed by atoms with van der Waals surface area (Å²) in [4.78, 5) is 41.9. The molecular weight excluding hydrogens is 382 g/mol. The van der Waals surface area contributed by atoms with Gasteiger partial charge >= 0.3 is 0 Å². The molecule has 1 aromatic heterocycles. The second-order valence-electron chi connectivity index (χ2n) is 7.86. The normalized spacial score (nSPS) is 19.5. The smallest absolute Gasteiger partial charge is 0.269 e. The van der Waals surface area contributed by atoms with Crippen molar-refractivity contribution in [3.63, 3.8) is 0 Å². The van der Waals surface area contributed by atoms with Crippen LogP contribution < -0.4 is 15.8 Å². The Bertz CT molecular complexity index is 953. The van der Waals surface area contributed by atoms with E-state index < -0.39 is 0 Å². The molecule has 2 aliphatic heterocycles. The van der Waals surface area contributed by atoms with E-state index in [1.54, 1.807) is 17.2 Å². The van der Waals surface area contributed by atoms with Crippen LogP contribution in [-0.2, 0) is 11.3 Å². The maximum atomic E-state index is 12.8. The third-order valence-electron chi connectivity index (χ3n) is 5.83. The number of Topliss-reactive ketones (excluding diaryl/α,β-unsaturated/α-hetero) is 1. The fourth-order valence-electron chi connectivity index (χ4n) is 4.12. The summed E-state index contributed by atoms with van der Waals surface area (Å²) in [6, 6.07) is 10.7. The fourth-order valence-corrected chi connectivity index (χ4v) is 4.12. The molecule has 0 unspecified atom stereocenters. The Balaban J connectivity index is 1.39. The number of likely N-dealkylation sites (tertiary alicyclic amines) is 1. The SMILES string of the molecule is O=C(c1ccccc1)[C@H]1CCCN(C(=O)Cn2ncc(N3CCNCC3)cc2=O)C1. The molecule has 3 heterocycles. The lowest BCUT2D eigenvalue weighted by molar-refractivity contribution is -0.133. The zero-order chi connectivity index (χ0) is 20.9. The summed E-state index contributed by atoms with van der Waals surface area (Å²) in [5.41, 5.74) is 1.18. The summed E-state index contributed by atoms with van der Waals surface area (Å²) < 4.78 is 1.21. The molecule has 8 heteroatoms. The van der Waals surface area contributed by atoms with Crippen molar-refractivity contribution in [2.24, 2.45) is 5.92 Å². The number of carbonyl (C=O) groups excluding carboxylic acids is 2. The van der Waals surface area contributed by atoms with Gasteiger partial charge in [-0.2, -0.15) is 5.10 Å². The third kappa shape index (κ3) is 4.59. The van der Waals surface area contributed by atoms with E-state index in [0.717, 1.165) is 44.7 Å². The molecule has 0 aliphatic carbocycles. The molecule has 0 bridgehead atoms. The first-order chi connectivity index (χ1) is 14.6. The maximum absolute atomic E-state index is 12.8. The molecule has 2 aliphatic rings. The molecule has 158 valence electrons. The zero-order valence-electron chi connectivity index (χ0n) is 17.0. The number of nitrogens with zero attached hydrogens (tertiary/aromatic N) is 4. The van der Waals surface area contributed by atoms with Gasteiger partial charge in [0.1, 0.15) is 6.54 Å². The second-order valence-corrected chi connectivity index (χ2v) is 7.86. The number of anilines is 1. The Morgan fingerprint density at radius 1 is 1.10 bits per heavy atom. The average Bonchev–Trinajstić information content (AvgIpc) is 2.81. The summed E-state index contributed by atoms with van der Waals surface area (Å²) in [5.74, 6) is -0.307. The van der Waals surface area contributed by atoms with Crippen LogP contribution in [0.5, 0.6) is 0 Å². The van der Waals surface area contributed by atoms with Gasteiger partial charge in [-0.05, 0) is 12.8 Å². The quantitative estimate of drug-likeness (QED) is 0.735. The number of carbonyl (C=O) groups is 2. The predicted molar refractivity (Wildman–Crippen MR) is 114 cm³/mol. The van der Waals surface area contributed by atoms with Crippen LogP contribution >= 0.6 is 0 Å². The number of ketones is 1. The van der Waals surface area contributed by atoms with Crippen LogP contribution in [0.3, 0.4) is 0 Å². The van der Waals surface area contributed by atoms with E-state index >= 15 is 0 Å². The van der Waals surface area contributed by atoms with Crippen molar-refractivity contribution in [1.29, 1.82) is 0 Å². The highest BCUT2D eigenvalue weighted by Gasteiger charge is 2.29. The predicted octanol–water partition coefficient (Wildman–Crippen LogP) is 0.774. The number of hydrogen-bond acceptors (Lipinski definition) is 6. The number of aromatic nitrogens is 2. The number of amides is 1. The largest absolute Gasteiger partial charge is 0.368 e. The van der Waals surface area contributed by atoms with Crippen molar-refractivity contribution in [3.8, 4) is 0 Å². The Hall–Kier alpha value is -3.00. The van der Waals surface area contributed by atoms with Gasteiger partial charge in [-0.1, -0.05) is 30.3 Å². The van der Waals surface area contributed by atoms with Crippen LogP contribution in [-0.4, -0.2) is 65.6 Å². The minimum Gasteiger partial charge on any atom is -0.368 e. The van der Waals surface area contributed by atoms with Crippen molar-refractivity contribution in [2.75, 3.05) is 44.2 Å². The van der Waals surface area contributed by atoms with Gasteiger partial charge in [0.05, 0.1) is 11.9 Å². The van der Waals surface area contributed by atoms with Crippen molar-refractivity contribution in [2.45, 2.75) is 19.4 Å². The van der Waals surface area contributed by atoms with E-state index in [1.165, 1.54) is 4.68 Å². The third-order valence-corrected chi connectivity index (χ3v) is 5.83. The fraction of sp³-hybridized carbons (Fsp3) is 0.455. The molecule has 1 atom stereocenters. The first-order valence-corrected chi connectivity index (χ1v) is 10.5. The zero-order valence-corrected chi connectivity index (χ0v) is 17.0. The highest BCUT2D eigenvalue weighted by Crippen LogP contribution is 2.21. The molecule has 30 heavy (non-hydrogen) atoms. The first kappa shape index (κ1) is 20.3. The first-order valence-electron chi connectivity index (χ1n) is 10.5. The van der Waals surface area contributed by atoms with E-state index in [0.29, 0.717) is 18.7 Å². The van der Waals surface area contributed by atoms with Gasteiger partial charge in [0.25, 0.3) is 5.56 Å². The molecule has 2 fully saturated rings. The summed E-state index contributed by atoms with van der Waals surface area (Å²) in [5, 5.41) is 7.49. The molecule has 8 nitrogen and oxygen atoms in total. The summed E-state index contributed by atoms with van der Waals surface area (Å²) >= 11 is 0. The second kappa shape index (κ2) is 9.21. The van der Waals surface area contributed by atoms with E-state index in [9.17, 15) is 14.4 Å². The number of nitrogens with one attached hydrogen (secondary N) is 1. The summed E-state index contributed by atoms with van der Waals surface area (Å²) in [6.07, 6.45) is 3.20. The number of hydrogen-bond donors (Lipinski definition) is 1. The van der Waals surface area contributed by atoms with E-state index in [1.807, 2.05) is 30.3 Å². The monoisotopic (exact) mass is 409 g/mol. The van der Waals surface area contributed by atoms with Gasteiger partial charge in [0.2, 0.25) is 5.91 Å². The highest BCUT2D eigenvalue weighted by molar-refractivity contribution is 5.98. The van der Waals surface area contributed by atoms with Crippen molar-refractivity contribution < 1.29 is 9.59 Å². The lowest BCUT2D eigenvalue weighted by Crippen LogP contribution is -2.45.